The van der Waals surface area contributed by atoms with Crippen molar-refractivity contribution in [2.45, 2.75) is 12.5 Å². The van der Waals surface area contributed by atoms with Crippen molar-refractivity contribution >= 4 is 29.1 Å². The fourth-order valence-corrected chi connectivity index (χ4v) is 2.79. The number of hydrogen-bond donors (Lipinski definition) is 2. The zero-order valence-corrected chi connectivity index (χ0v) is 13.0. The molecule has 2 aromatic rings. The molecule has 1 atom stereocenters. The Bertz CT molecular complexity index is 671. The molecule has 1 aromatic heterocycles. The van der Waals surface area contributed by atoms with Crippen LogP contribution >= 0.6 is 11.6 Å². The second kappa shape index (κ2) is 6.27. The van der Waals surface area contributed by atoms with Gasteiger partial charge in [-0.3, -0.25) is 10.00 Å². The van der Waals surface area contributed by atoms with Gasteiger partial charge in [0.25, 0.3) is 0 Å². The van der Waals surface area contributed by atoms with Gasteiger partial charge in [0.1, 0.15) is 0 Å². The molecule has 1 fully saturated rings. The summed E-state index contributed by atoms with van der Waals surface area (Å²) in [7, 11) is 1.81. The number of urea groups is 1. The highest BCUT2D eigenvalue weighted by Gasteiger charge is 2.24. The molecule has 7 heteroatoms. The van der Waals surface area contributed by atoms with E-state index in [-0.39, 0.29) is 12.1 Å². The molecule has 0 unspecified atom stereocenters. The fourth-order valence-electron chi connectivity index (χ4n) is 2.60. The largest absolute Gasteiger partial charge is 0.369 e. The average Bonchev–Trinajstić information content (AvgIpc) is 3.08. The summed E-state index contributed by atoms with van der Waals surface area (Å²) in [6.07, 6.45) is 2.69. The van der Waals surface area contributed by atoms with Crippen molar-refractivity contribution in [3.63, 3.8) is 0 Å². The second-order valence-corrected chi connectivity index (χ2v) is 5.82. The first kappa shape index (κ1) is 14.7. The zero-order chi connectivity index (χ0) is 15.5. The zero-order valence-electron chi connectivity index (χ0n) is 12.3. The number of aromatic nitrogens is 2. The fraction of sp³-hybridized carbons (Fsp3) is 0.333. The Balaban J connectivity index is 1.53. The van der Waals surface area contributed by atoms with E-state index in [4.69, 9.17) is 11.6 Å². The standard InChI is InChI=1S/C15H18ClN5O/c1-20-7-6-14(19-20)18-15(22)17-12-5-8-21(10-12)13-4-2-3-11(16)9-13/h2-4,6-7,9,12H,5,8,10H2,1H3,(H2,17,18,19,22)/t12-/m1/s1. The van der Waals surface area contributed by atoms with Crippen molar-refractivity contribution in [1.82, 2.24) is 15.1 Å². The van der Waals surface area contributed by atoms with Gasteiger partial charge in [-0.2, -0.15) is 5.10 Å². The van der Waals surface area contributed by atoms with E-state index in [0.717, 1.165) is 30.2 Å². The number of amides is 2. The Kier molecular flexibility index (Phi) is 4.20. The lowest BCUT2D eigenvalue weighted by Crippen LogP contribution is -2.39. The summed E-state index contributed by atoms with van der Waals surface area (Å²) in [6.45, 7) is 1.67. The average molecular weight is 320 g/mol. The Labute approximate surface area is 134 Å². The number of carbonyl (C=O) groups excluding carboxylic acids is 1. The van der Waals surface area contributed by atoms with E-state index >= 15 is 0 Å². The molecule has 2 N–H and O–H groups in total. The number of benzene rings is 1. The third-order valence-electron chi connectivity index (χ3n) is 3.65. The third kappa shape index (κ3) is 3.51. The van der Waals surface area contributed by atoms with Crippen molar-refractivity contribution in [3.05, 3.63) is 41.6 Å². The number of halogens is 1. The first-order valence-electron chi connectivity index (χ1n) is 7.18. The molecule has 6 nitrogen and oxygen atoms in total. The molecule has 3 rings (SSSR count). The lowest BCUT2D eigenvalue weighted by atomic mass is 10.3. The molecular formula is C15H18ClN5O. The first-order valence-corrected chi connectivity index (χ1v) is 7.55. The number of anilines is 2. The quantitative estimate of drug-likeness (QED) is 0.913. The van der Waals surface area contributed by atoms with Crippen molar-refractivity contribution in [2.75, 3.05) is 23.3 Å². The predicted molar refractivity (Wildman–Crippen MR) is 87.4 cm³/mol. The van der Waals surface area contributed by atoms with Gasteiger partial charge in [0, 0.05) is 49.2 Å². The van der Waals surface area contributed by atoms with E-state index in [1.807, 2.05) is 31.3 Å². The molecule has 0 aliphatic carbocycles. The SMILES string of the molecule is Cn1ccc(NC(=O)N[C@@H]2CCN(c3cccc(Cl)c3)C2)n1. The van der Waals surface area contributed by atoms with Crippen LogP contribution in [0.2, 0.25) is 5.02 Å². The molecule has 0 saturated carbocycles. The third-order valence-corrected chi connectivity index (χ3v) is 3.89. The topological polar surface area (TPSA) is 62.2 Å². The minimum Gasteiger partial charge on any atom is -0.369 e. The molecule has 0 spiro atoms. The molecule has 22 heavy (non-hydrogen) atoms. The Morgan fingerprint density at radius 3 is 3.00 bits per heavy atom. The summed E-state index contributed by atoms with van der Waals surface area (Å²) in [5.74, 6) is 0.546. The summed E-state index contributed by atoms with van der Waals surface area (Å²) in [4.78, 5) is 14.2. The normalized spacial score (nSPS) is 17.5. The summed E-state index contributed by atoms with van der Waals surface area (Å²) >= 11 is 6.02. The number of carbonyl (C=O) groups is 1. The molecule has 1 aliphatic rings. The summed E-state index contributed by atoms with van der Waals surface area (Å²) in [5, 5.41) is 10.5. The molecule has 0 radical (unpaired) electrons. The summed E-state index contributed by atoms with van der Waals surface area (Å²) in [6, 6.07) is 9.41. The molecule has 1 aromatic carbocycles. The van der Waals surface area contributed by atoms with Gasteiger partial charge < -0.3 is 10.2 Å². The lowest BCUT2D eigenvalue weighted by Gasteiger charge is -2.19. The molecule has 116 valence electrons. The van der Waals surface area contributed by atoms with Crippen LogP contribution in [-0.2, 0) is 7.05 Å². The maximum Gasteiger partial charge on any atom is 0.320 e. The van der Waals surface area contributed by atoms with E-state index < -0.39 is 0 Å². The second-order valence-electron chi connectivity index (χ2n) is 5.38. The van der Waals surface area contributed by atoms with E-state index in [2.05, 4.69) is 20.6 Å². The van der Waals surface area contributed by atoms with Crippen LogP contribution in [0.5, 0.6) is 0 Å². The van der Waals surface area contributed by atoms with E-state index in [9.17, 15) is 4.79 Å². The maximum absolute atomic E-state index is 12.0. The van der Waals surface area contributed by atoms with Gasteiger partial charge in [-0.25, -0.2) is 4.79 Å². The molecule has 2 heterocycles. The van der Waals surface area contributed by atoms with Gasteiger partial charge in [-0.15, -0.1) is 0 Å². The highest BCUT2D eigenvalue weighted by Crippen LogP contribution is 2.23. The highest BCUT2D eigenvalue weighted by atomic mass is 35.5. The smallest absolute Gasteiger partial charge is 0.320 e. The summed E-state index contributed by atoms with van der Waals surface area (Å²) in [5.41, 5.74) is 1.09. The molecule has 1 aliphatic heterocycles. The van der Waals surface area contributed by atoms with Gasteiger partial charge in [-0.1, -0.05) is 17.7 Å². The molecule has 0 bridgehead atoms. The Hall–Kier alpha value is -2.21. The van der Waals surface area contributed by atoms with Crippen molar-refractivity contribution < 1.29 is 4.79 Å². The molecule has 1 saturated heterocycles. The van der Waals surface area contributed by atoms with Crippen LogP contribution in [0.15, 0.2) is 36.5 Å². The van der Waals surface area contributed by atoms with Gasteiger partial charge in [0.05, 0.1) is 0 Å². The van der Waals surface area contributed by atoms with Crippen LogP contribution in [0, 0.1) is 0 Å². The number of rotatable bonds is 3. The Morgan fingerprint density at radius 2 is 2.27 bits per heavy atom. The predicted octanol–water partition coefficient (Wildman–Crippen LogP) is 2.47. The van der Waals surface area contributed by atoms with Crippen LogP contribution in [0.3, 0.4) is 0 Å². The number of hydrogen-bond acceptors (Lipinski definition) is 3. The van der Waals surface area contributed by atoms with Crippen LogP contribution < -0.4 is 15.5 Å². The molecular weight excluding hydrogens is 302 g/mol. The van der Waals surface area contributed by atoms with Gasteiger partial charge in [-0.05, 0) is 24.6 Å². The Morgan fingerprint density at radius 1 is 1.41 bits per heavy atom. The lowest BCUT2D eigenvalue weighted by molar-refractivity contribution is 0.249. The number of nitrogens with zero attached hydrogens (tertiary/aromatic N) is 3. The first-order chi connectivity index (χ1) is 10.6. The van der Waals surface area contributed by atoms with Gasteiger partial charge in [0.2, 0.25) is 0 Å². The number of aryl methyl sites for hydroxylation is 1. The van der Waals surface area contributed by atoms with E-state index in [0.29, 0.717) is 5.82 Å². The van der Waals surface area contributed by atoms with Crippen LogP contribution in [0.25, 0.3) is 0 Å². The monoisotopic (exact) mass is 319 g/mol. The number of nitrogens with one attached hydrogen (secondary N) is 2. The van der Waals surface area contributed by atoms with Gasteiger partial charge in [0.15, 0.2) is 5.82 Å². The summed E-state index contributed by atoms with van der Waals surface area (Å²) < 4.78 is 1.64. The van der Waals surface area contributed by atoms with E-state index in [1.165, 1.54) is 0 Å². The van der Waals surface area contributed by atoms with Crippen molar-refractivity contribution in [2.24, 2.45) is 7.05 Å². The van der Waals surface area contributed by atoms with E-state index in [1.54, 1.807) is 16.9 Å². The minimum absolute atomic E-state index is 0.114. The van der Waals surface area contributed by atoms with Gasteiger partial charge >= 0.3 is 6.03 Å². The van der Waals surface area contributed by atoms with Crippen molar-refractivity contribution in [1.29, 1.82) is 0 Å². The maximum atomic E-state index is 12.0. The van der Waals surface area contributed by atoms with Crippen LogP contribution in [0.4, 0.5) is 16.3 Å². The van der Waals surface area contributed by atoms with Crippen LogP contribution in [-0.4, -0.2) is 34.9 Å². The van der Waals surface area contributed by atoms with Crippen molar-refractivity contribution in [3.8, 4) is 0 Å². The highest BCUT2D eigenvalue weighted by molar-refractivity contribution is 6.30. The minimum atomic E-state index is -0.225. The van der Waals surface area contributed by atoms with Crippen LogP contribution in [0.1, 0.15) is 6.42 Å². The molecule has 2 amide bonds.